The molecule has 0 fully saturated rings. The Morgan fingerprint density at radius 2 is 2.05 bits per heavy atom. The summed E-state index contributed by atoms with van der Waals surface area (Å²) in [6.07, 6.45) is 0. The number of hydrazine groups is 1. The normalized spacial score (nSPS) is 10.2. The van der Waals surface area contributed by atoms with Crippen LogP contribution in [0.4, 0.5) is 10.1 Å². The Morgan fingerprint density at radius 3 is 2.75 bits per heavy atom. The van der Waals surface area contributed by atoms with Crippen molar-refractivity contribution in [3.05, 3.63) is 59.7 Å². The summed E-state index contributed by atoms with van der Waals surface area (Å²) in [6.45, 7) is 0.382. The SMILES string of the molecule is CN(Cc1cccc(C(=O)NN)n1)c1ccccc1F. The number of nitrogens with one attached hydrogen (secondary N) is 1. The maximum atomic E-state index is 13.7. The van der Waals surface area contributed by atoms with E-state index in [9.17, 15) is 9.18 Å². The molecule has 2 rings (SSSR count). The molecular weight excluding hydrogens is 259 g/mol. The van der Waals surface area contributed by atoms with Gasteiger partial charge in [0, 0.05) is 7.05 Å². The first-order valence-electron chi connectivity index (χ1n) is 6.04. The standard InChI is InChI=1S/C14H15FN4O/c1-19(13-8-3-2-6-11(13)15)9-10-5-4-7-12(17-10)14(20)18-16/h2-8H,9,16H2,1H3,(H,18,20). The van der Waals surface area contributed by atoms with Gasteiger partial charge in [0.1, 0.15) is 11.5 Å². The van der Waals surface area contributed by atoms with Crippen molar-refractivity contribution in [2.75, 3.05) is 11.9 Å². The number of carbonyl (C=O) groups is 1. The zero-order valence-corrected chi connectivity index (χ0v) is 11.0. The van der Waals surface area contributed by atoms with E-state index in [4.69, 9.17) is 5.84 Å². The average molecular weight is 274 g/mol. The molecule has 1 heterocycles. The highest BCUT2D eigenvalue weighted by Crippen LogP contribution is 2.18. The lowest BCUT2D eigenvalue weighted by molar-refractivity contribution is 0.0948. The number of hydrogen-bond donors (Lipinski definition) is 2. The van der Waals surface area contributed by atoms with E-state index in [1.54, 1.807) is 48.3 Å². The third-order valence-corrected chi connectivity index (χ3v) is 2.83. The number of pyridine rings is 1. The van der Waals surface area contributed by atoms with Crippen LogP contribution < -0.4 is 16.2 Å². The molecule has 2 aromatic rings. The van der Waals surface area contributed by atoms with Crippen LogP contribution in [0.5, 0.6) is 0 Å². The van der Waals surface area contributed by atoms with E-state index in [-0.39, 0.29) is 11.5 Å². The summed E-state index contributed by atoms with van der Waals surface area (Å²) >= 11 is 0. The van der Waals surface area contributed by atoms with Gasteiger partial charge in [-0.1, -0.05) is 18.2 Å². The molecule has 0 aliphatic rings. The molecule has 0 unspecified atom stereocenters. The lowest BCUT2D eigenvalue weighted by Gasteiger charge is -2.19. The van der Waals surface area contributed by atoms with Gasteiger partial charge >= 0.3 is 0 Å². The highest BCUT2D eigenvalue weighted by Gasteiger charge is 2.10. The van der Waals surface area contributed by atoms with Gasteiger partial charge in [-0.05, 0) is 24.3 Å². The number of nitrogen functional groups attached to an aromatic ring is 1. The van der Waals surface area contributed by atoms with Gasteiger partial charge in [0.25, 0.3) is 5.91 Å². The molecule has 20 heavy (non-hydrogen) atoms. The fourth-order valence-corrected chi connectivity index (χ4v) is 1.86. The predicted molar refractivity (Wildman–Crippen MR) is 74.4 cm³/mol. The Hall–Kier alpha value is -2.47. The van der Waals surface area contributed by atoms with Gasteiger partial charge in [-0.25, -0.2) is 15.2 Å². The first-order valence-corrected chi connectivity index (χ1v) is 6.04. The Labute approximate surface area is 116 Å². The van der Waals surface area contributed by atoms with E-state index in [0.29, 0.717) is 17.9 Å². The first kappa shape index (κ1) is 14.0. The number of para-hydroxylation sites is 1. The van der Waals surface area contributed by atoms with Gasteiger partial charge < -0.3 is 4.90 Å². The number of benzene rings is 1. The van der Waals surface area contributed by atoms with Gasteiger partial charge in [-0.15, -0.1) is 0 Å². The third-order valence-electron chi connectivity index (χ3n) is 2.83. The van der Waals surface area contributed by atoms with Crippen molar-refractivity contribution in [2.45, 2.75) is 6.54 Å². The highest BCUT2D eigenvalue weighted by atomic mass is 19.1. The summed E-state index contributed by atoms with van der Waals surface area (Å²) in [5.74, 6) is 4.31. The number of aromatic nitrogens is 1. The van der Waals surface area contributed by atoms with E-state index < -0.39 is 5.91 Å². The molecule has 5 nitrogen and oxygen atoms in total. The molecule has 0 radical (unpaired) electrons. The van der Waals surface area contributed by atoms with Crippen LogP contribution in [0.2, 0.25) is 0 Å². The van der Waals surface area contributed by atoms with Crippen LogP contribution in [0.25, 0.3) is 0 Å². The van der Waals surface area contributed by atoms with Crippen molar-refractivity contribution < 1.29 is 9.18 Å². The second kappa shape index (κ2) is 6.12. The molecule has 0 aliphatic carbocycles. The Bertz CT molecular complexity index is 618. The van der Waals surface area contributed by atoms with Crippen molar-refractivity contribution in [2.24, 2.45) is 5.84 Å². The van der Waals surface area contributed by atoms with Crippen LogP contribution in [0, 0.1) is 5.82 Å². The van der Waals surface area contributed by atoms with Crippen molar-refractivity contribution in [1.29, 1.82) is 0 Å². The number of carbonyl (C=O) groups excluding carboxylic acids is 1. The summed E-state index contributed by atoms with van der Waals surface area (Å²) in [6, 6.07) is 11.5. The summed E-state index contributed by atoms with van der Waals surface area (Å²) < 4.78 is 13.7. The van der Waals surface area contributed by atoms with E-state index in [2.05, 4.69) is 4.98 Å². The smallest absolute Gasteiger partial charge is 0.283 e. The second-order valence-electron chi connectivity index (χ2n) is 4.30. The van der Waals surface area contributed by atoms with Gasteiger partial charge in [-0.2, -0.15) is 0 Å². The average Bonchev–Trinajstić information content (AvgIpc) is 2.47. The van der Waals surface area contributed by atoms with Gasteiger partial charge in [-0.3, -0.25) is 10.2 Å². The van der Waals surface area contributed by atoms with E-state index in [1.807, 2.05) is 5.43 Å². The van der Waals surface area contributed by atoms with Crippen LogP contribution in [-0.2, 0) is 6.54 Å². The Balaban J connectivity index is 2.18. The lowest BCUT2D eigenvalue weighted by atomic mass is 10.2. The van der Waals surface area contributed by atoms with Gasteiger partial charge in [0.05, 0.1) is 17.9 Å². The molecule has 104 valence electrons. The van der Waals surface area contributed by atoms with Crippen molar-refractivity contribution >= 4 is 11.6 Å². The second-order valence-corrected chi connectivity index (χ2v) is 4.30. The quantitative estimate of drug-likeness (QED) is 0.503. The molecular formula is C14H15FN4O. The monoisotopic (exact) mass is 274 g/mol. The topological polar surface area (TPSA) is 71.2 Å². The van der Waals surface area contributed by atoms with E-state index in [0.717, 1.165) is 0 Å². The maximum absolute atomic E-state index is 13.7. The molecule has 6 heteroatoms. The number of halogens is 1. The van der Waals surface area contributed by atoms with Crippen molar-refractivity contribution in [3.63, 3.8) is 0 Å². The molecule has 0 saturated heterocycles. The van der Waals surface area contributed by atoms with Crippen LogP contribution in [-0.4, -0.2) is 17.9 Å². The minimum atomic E-state index is -0.458. The lowest BCUT2D eigenvalue weighted by Crippen LogP contribution is -2.31. The number of nitrogens with two attached hydrogens (primary N) is 1. The number of rotatable bonds is 4. The highest BCUT2D eigenvalue weighted by molar-refractivity contribution is 5.91. The van der Waals surface area contributed by atoms with Gasteiger partial charge in [0.2, 0.25) is 0 Å². The van der Waals surface area contributed by atoms with Crippen LogP contribution in [0.1, 0.15) is 16.2 Å². The molecule has 0 aliphatic heterocycles. The van der Waals surface area contributed by atoms with Crippen molar-refractivity contribution in [1.82, 2.24) is 10.4 Å². The molecule has 0 spiro atoms. The van der Waals surface area contributed by atoms with Crippen LogP contribution >= 0.6 is 0 Å². The Morgan fingerprint density at radius 1 is 1.30 bits per heavy atom. The summed E-state index contributed by atoms with van der Waals surface area (Å²) in [5.41, 5.74) is 3.38. The molecule has 1 aromatic carbocycles. The first-order chi connectivity index (χ1) is 9.61. The molecule has 0 atom stereocenters. The van der Waals surface area contributed by atoms with Crippen LogP contribution in [0.3, 0.4) is 0 Å². The number of amides is 1. The summed E-state index contributed by atoms with van der Waals surface area (Å²) in [4.78, 5) is 17.3. The number of hydrogen-bond acceptors (Lipinski definition) is 4. The van der Waals surface area contributed by atoms with E-state index in [1.165, 1.54) is 6.07 Å². The summed E-state index contributed by atoms with van der Waals surface area (Å²) in [7, 11) is 1.76. The largest absolute Gasteiger partial charge is 0.366 e. The maximum Gasteiger partial charge on any atom is 0.283 e. The number of nitrogens with zero attached hydrogens (tertiary/aromatic N) is 2. The summed E-state index contributed by atoms with van der Waals surface area (Å²) in [5, 5.41) is 0. The minimum Gasteiger partial charge on any atom is -0.366 e. The molecule has 1 amide bonds. The predicted octanol–water partition coefficient (Wildman–Crippen LogP) is 1.46. The molecule has 0 bridgehead atoms. The fraction of sp³-hybridized carbons (Fsp3) is 0.143. The molecule has 0 saturated carbocycles. The minimum absolute atomic E-state index is 0.229. The molecule has 1 aromatic heterocycles. The fourth-order valence-electron chi connectivity index (χ4n) is 1.86. The Kier molecular flexibility index (Phi) is 4.27. The third kappa shape index (κ3) is 3.10. The molecule has 3 N–H and O–H groups in total. The number of anilines is 1. The van der Waals surface area contributed by atoms with E-state index >= 15 is 0 Å². The zero-order chi connectivity index (χ0) is 14.5. The zero-order valence-electron chi connectivity index (χ0n) is 11.0. The van der Waals surface area contributed by atoms with Crippen molar-refractivity contribution in [3.8, 4) is 0 Å². The van der Waals surface area contributed by atoms with Crippen LogP contribution in [0.15, 0.2) is 42.5 Å². The van der Waals surface area contributed by atoms with Gasteiger partial charge in [0.15, 0.2) is 0 Å².